The molecule has 0 unspecified atom stereocenters. The molecule has 3 aromatic heterocycles. The number of hydrogen-bond donors (Lipinski definition) is 2. The van der Waals surface area contributed by atoms with Crippen LogP contribution in [0.2, 0.25) is 0 Å². The van der Waals surface area contributed by atoms with Gasteiger partial charge in [-0.3, -0.25) is 14.4 Å². The SMILES string of the molecule is COc1cnc(-n2cnc(CNC(=O)I)n2)c2[nH]cc(C(=O)C(=O)N3CCC(=C(C#N)c4ccccc4)CC3)c12. The zero-order chi connectivity index (χ0) is 28.2. The lowest BCUT2D eigenvalue weighted by atomic mass is 9.93. The number of nitrogens with one attached hydrogen (secondary N) is 2. The lowest BCUT2D eigenvalue weighted by Gasteiger charge is -2.28. The number of halogens is 1. The molecule has 5 rings (SSSR count). The van der Waals surface area contributed by atoms with E-state index in [9.17, 15) is 19.6 Å². The lowest BCUT2D eigenvalue weighted by molar-refractivity contribution is -0.126. The van der Waals surface area contributed by atoms with Gasteiger partial charge in [-0.2, -0.15) is 5.26 Å². The van der Waals surface area contributed by atoms with Crippen molar-refractivity contribution in [1.29, 1.82) is 5.26 Å². The van der Waals surface area contributed by atoms with Crippen LogP contribution in [-0.4, -0.2) is 65.4 Å². The number of amides is 2. The molecule has 1 aliphatic heterocycles. The first-order valence-corrected chi connectivity index (χ1v) is 13.4. The number of hydrogen-bond acceptors (Lipinski definition) is 8. The molecular formula is C27H23IN8O4. The highest BCUT2D eigenvalue weighted by atomic mass is 127. The highest BCUT2D eigenvalue weighted by Gasteiger charge is 2.30. The van der Waals surface area contributed by atoms with E-state index in [-0.39, 0.29) is 16.0 Å². The number of aromatic nitrogens is 5. The second-order valence-electron chi connectivity index (χ2n) is 8.91. The summed E-state index contributed by atoms with van der Waals surface area (Å²) in [6, 6.07) is 11.7. The Morgan fingerprint density at radius 1 is 1.18 bits per heavy atom. The lowest BCUT2D eigenvalue weighted by Crippen LogP contribution is -2.40. The molecule has 1 saturated heterocycles. The third-order valence-electron chi connectivity index (χ3n) is 6.64. The van der Waals surface area contributed by atoms with Crippen LogP contribution in [-0.2, 0) is 11.3 Å². The van der Waals surface area contributed by atoms with Crippen LogP contribution in [0.5, 0.6) is 5.75 Å². The summed E-state index contributed by atoms with van der Waals surface area (Å²) in [6.45, 7) is 0.810. The molecular weight excluding hydrogens is 627 g/mol. The van der Waals surface area contributed by atoms with Crippen LogP contribution in [0.1, 0.15) is 34.6 Å². The smallest absolute Gasteiger partial charge is 0.295 e. The van der Waals surface area contributed by atoms with Gasteiger partial charge in [-0.05, 0) is 24.0 Å². The maximum absolute atomic E-state index is 13.5. The normalized spacial score (nSPS) is 13.1. The average Bonchev–Trinajstić information content (AvgIpc) is 3.64. The van der Waals surface area contributed by atoms with Gasteiger partial charge in [0.25, 0.3) is 15.6 Å². The predicted molar refractivity (Wildman–Crippen MR) is 153 cm³/mol. The molecule has 0 aliphatic carbocycles. The van der Waals surface area contributed by atoms with Gasteiger partial charge in [0.2, 0.25) is 0 Å². The number of allylic oxidation sites excluding steroid dienone is 1. The number of ketones is 1. The summed E-state index contributed by atoms with van der Waals surface area (Å²) in [4.78, 5) is 51.1. The van der Waals surface area contributed by atoms with Crippen molar-refractivity contribution in [3.8, 4) is 17.6 Å². The molecule has 202 valence electrons. The van der Waals surface area contributed by atoms with Crippen molar-refractivity contribution in [3.63, 3.8) is 0 Å². The number of fused-ring (bicyclic) bond motifs is 1. The second kappa shape index (κ2) is 11.7. The van der Waals surface area contributed by atoms with Crippen molar-refractivity contribution in [3.05, 3.63) is 71.6 Å². The van der Waals surface area contributed by atoms with Crippen molar-refractivity contribution in [2.75, 3.05) is 20.2 Å². The second-order valence-corrected chi connectivity index (χ2v) is 9.89. The van der Waals surface area contributed by atoms with Gasteiger partial charge in [0.15, 0.2) is 11.6 Å². The predicted octanol–water partition coefficient (Wildman–Crippen LogP) is 3.58. The van der Waals surface area contributed by atoms with Gasteiger partial charge < -0.3 is 19.9 Å². The number of ether oxygens (including phenoxy) is 1. The molecule has 4 aromatic rings. The fraction of sp³-hybridized carbons (Fsp3) is 0.222. The summed E-state index contributed by atoms with van der Waals surface area (Å²) in [5.74, 6) is -0.268. The number of Topliss-reactive ketones (excluding diaryl/α,β-unsaturated/α-hetero) is 1. The van der Waals surface area contributed by atoms with E-state index in [0.717, 1.165) is 11.1 Å². The molecule has 4 heterocycles. The van der Waals surface area contributed by atoms with E-state index in [1.54, 1.807) is 22.6 Å². The number of piperidine rings is 1. The standard InChI is InChI=1S/C27H23IN8O4/c1-40-20-13-31-25(36-15-33-21(34-36)14-32-27(28)39)23-22(20)19(12-30-23)24(37)26(38)35-9-7-17(8-10-35)18(11-29)16-5-3-2-4-6-16/h2-6,12-13,15,30H,7-10,14H2,1H3,(H,32,39). The molecule has 0 saturated carbocycles. The molecule has 2 N–H and O–H groups in total. The van der Waals surface area contributed by atoms with Gasteiger partial charge in [-0.1, -0.05) is 30.3 Å². The van der Waals surface area contributed by atoms with E-state index in [4.69, 9.17) is 4.74 Å². The Morgan fingerprint density at radius 3 is 2.60 bits per heavy atom. The maximum Gasteiger partial charge on any atom is 0.295 e. The Hall–Kier alpha value is -4.58. The van der Waals surface area contributed by atoms with Crippen LogP contribution in [0, 0.1) is 11.3 Å². The van der Waals surface area contributed by atoms with E-state index in [2.05, 4.69) is 31.4 Å². The topological polar surface area (TPSA) is 159 Å². The van der Waals surface area contributed by atoms with Crippen molar-refractivity contribution < 1.29 is 19.1 Å². The van der Waals surface area contributed by atoms with Crippen LogP contribution < -0.4 is 10.1 Å². The van der Waals surface area contributed by atoms with E-state index >= 15 is 0 Å². The monoisotopic (exact) mass is 650 g/mol. The summed E-state index contributed by atoms with van der Waals surface area (Å²) in [5.41, 5.74) is 3.03. The van der Waals surface area contributed by atoms with E-state index < -0.39 is 11.7 Å². The maximum atomic E-state index is 13.5. The number of aromatic amines is 1. The van der Waals surface area contributed by atoms with Crippen molar-refractivity contribution in [2.45, 2.75) is 19.4 Å². The molecule has 13 heteroatoms. The highest BCUT2D eigenvalue weighted by Crippen LogP contribution is 2.32. The number of carbonyl (C=O) groups excluding carboxylic acids is 3. The molecule has 12 nitrogen and oxygen atoms in total. The molecule has 1 aliphatic rings. The van der Waals surface area contributed by atoms with Crippen molar-refractivity contribution >= 4 is 54.7 Å². The Bertz CT molecular complexity index is 1680. The van der Waals surface area contributed by atoms with Gasteiger partial charge in [0.05, 0.1) is 48.0 Å². The van der Waals surface area contributed by atoms with Gasteiger partial charge in [0.1, 0.15) is 12.1 Å². The summed E-state index contributed by atoms with van der Waals surface area (Å²) in [6.07, 6.45) is 5.38. The van der Waals surface area contributed by atoms with E-state index in [1.165, 1.54) is 35.4 Å². The van der Waals surface area contributed by atoms with Gasteiger partial charge >= 0.3 is 0 Å². The molecule has 0 atom stereocenters. The summed E-state index contributed by atoms with van der Waals surface area (Å²) in [5, 5.41) is 17.1. The largest absolute Gasteiger partial charge is 0.494 e. The van der Waals surface area contributed by atoms with Crippen molar-refractivity contribution in [2.24, 2.45) is 0 Å². The minimum atomic E-state index is -0.679. The molecule has 0 bridgehead atoms. The van der Waals surface area contributed by atoms with Gasteiger partial charge in [-0.15, -0.1) is 5.10 Å². The Balaban J connectivity index is 1.39. The van der Waals surface area contributed by atoms with Crippen LogP contribution in [0.4, 0.5) is 4.79 Å². The third-order valence-corrected chi connectivity index (χ3v) is 7.02. The minimum Gasteiger partial charge on any atom is -0.494 e. The Labute approximate surface area is 242 Å². The molecule has 1 fully saturated rings. The first kappa shape index (κ1) is 27.0. The Morgan fingerprint density at radius 2 is 1.93 bits per heavy atom. The first-order chi connectivity index (χ1) is 19.4. The zero-order valence-corrected chi connectivity index (χ0v) is 23.5. The van der Waals surface area contributed by atoms with Crippen molar-refractivity contribution in [1.82, 2.24) is 34.9 Å². The van der Waals surface area contributed by atoms with Crippen LogP contribution in [0.15, 0.2) is 54.6 Å². The average molecular weight is 650 g/mol. The molecule has 0 spiro atoms. The number of methoxy groups -OCH3 is 1. The van der Waals surface area contributed by atoms with Crippen LogP contribution >= 0.6 is 22.6 Å². The zero-order valence-electron chi connectivity index (χ0n) is 21.3. The van der Waals surface area contributed by atoms with E-state index in [1.807, 2.05) is 30.3 Å². The number of benzene rings is 1. The van der Waals surface area contributed by atoms with Crippen LogP contribution in [0.25, 0.3) is 22.3 Å². The molecule has 0 radical (unpaired) electrons. The summed E-state index contributed by atoms with van der Waals surface area (Å²) >= 11 is 1.62. The fourth-order valence-corrected chi connectivity index (χ4v) is 4.87. The molecule has 1 aromatic carbocycles. The molecule has 40 heavy (non-hydrogen) atoms. The van der Waals surface area contributed by atoms with Gasteiger partial charge in [-0.25, -0.2) is 14.6 Å². The van der Waals surface area contributed by atoms with Gasteiger partial charge in [0, 0.05) is 41.9 Å². The number of nitriles is 1. The Kier molecular flexibility index (Phi) is 7.87. The first-order valence-electron chi connectivity index (χ1n) is 12.3. The quantitative estimate of drug-likeness (QED) is 0.0767. The number of H-pyrrole nitrogens is 1. The number of pyridine rings is 1. The van der Waals surface area contributed by atoms with Crippen LogP contribution in [0.3, 0.4) is 0 Å². The van der Waals surface area contributed by atoms with E-state index in [0.29, 0.717) is 59.8 Å². The number of rotatable bonds is 7. The number of nitrogens with zero attached hydrogens (tertiary/aromatic N) is 6. The minimum absolute atomic E-state index is 0.144. The molecule has 2 amide bonds. The summed E-state index contributed by atoms with van der Waals surface area (Å²) in [7, 11) is 1.46. The third kappa shape index (κ3) is 5.30. The number of likely N-dealkylation sites (tertiary alicyclic amines) is 1. The fourth-order valence-electron chi connectivity index (χ4n) is 4.68. The highest BCUT2D eigenvalue weighted by molar-refractivity contribution is 14.1. The summed E-state index contributed by atoms with van der Waals surface area (Å²) < 4.78 is 6.65. The number of carbonyl (C=O) groups is 3.